The van der Waals surface area contributed by atoms with E-state index in [0.29, 0.717) is 28.1 Å². The number of benzene rings is 4. The molecule has 2 amide bonds. The van der Waals surface area contributed by atoms with Gasteiger partial charge in [-0.25, -0.2) is 14.4 Å². The Labute approximate surface area is 367 Å². The molecule has 0 radical (unpaired) electrons. The third-order valence-corrected chi connectivity index (χ3v) is 11.3. The van der Waals surface area contributed by atoms with Gasteiger partial charge in [0.25, 0.3) is 11.8 Å². The Morgan fingerprint density at radius 3 is 1.35 bits per heavy atom. The molecule has 2 atom stereocenters. The Morgan fingerprint density at radius 2 is 0.905 bits per heavy atom. The number of aryl methyl sites for hydroxylation is 4. The third kappa shape index (κ3) is 9.33. The summed E-state index contributed by atoms with van der Waals surface area (Å²) < 4.78 is 15.5. The maximum absolute atomic E-state index is 15.6. The third-order valence-electron chi connectivity index (χ3n) is 11.3. The molecule has 2 unspecified atom stereocenters. The van der Waals surface area contributed by atoms with Crippen molar-refractivity contribution in [1.29, 1.82) is 0 Å². The summed E-state index contributed by atoms with van der Waals surface area (Å²) >= 11 is 0. The van der Waals surface area contributed by atoms with E-state index in [0.717, 1.165) is 61.6 Å². The van der Waals surface area contributed by atoms with Gasteiger partial charge in [0.15, 0.2) is 0 Å². The normalized spacial score (nSPS) is 12.0. The van der Waals surface area contributed by atoms with Gasteiger partial charge in [0.05, 0.1) is 23.2 Å². The first kappa shape index (κ1) is 42.1. The molecule has 0 N–H and O–H groups in total. The van der Waals surface area contributed by atoms with Gasteiger partial charge in [0.1, 0.15) is 5.82 Å². The number of hydrazine groups is 1. The number of rotatable bonds is 10. The molecule has 4 heterocycles. The molecule has 312 valence electrons. The Hall–Kier alpha value is -7.65. The Balaban J connectivity index is 1.28. The van der Waals surface area contributed by atoms with Gasteiger partial charge in [-0.3, -0.25) is 29.5 Å². The first-order chi connectivity index (χ1) is 30.4. The summed E-state index contributed by atoms with van der Waals surface area (Å²) in [6.07, 6.45) is 8.63. The summed E-state index contributed by atoms with van der Waals surface area (Å²) in [4.78, 5) is 48.4. The van der Waals surface area contributed by atoms with Gasteiger partial charge < -0.3 is 0 Å². The molecule has 0 aliphatic rings. The molecular weight excluding hydrogens is 784 g/mol. The van der Waals surface area contributed by atoms with Crippen LogP contribution >= 0.6 is 0 Å². The van der Waals surface area contributed by atoms with Crippen molar-refractivity contribution in [3.8, 4) is 44.5 Å². The maximum atomic E-state index is 15.6. The van der Waals surface area contributed by atoms with Crippen LogP contribution in [0.1, 0.15) is 59.5 Å². The SMILES string of the molecule is Cc1cc(-c2ccnc(C)c2)cc(C(C)C(=O)N(c2ccc(-c3ccnc(C)c3)cc2)N(C(=O)C(C)c2cc(F)cc(-c3cccnc3)c2)c2ccc(-c3ccnc(C)c3)cc2)c1. The van der Waals surface area contributed by atoms with Crippen molar-refractivity contribution >= 4 is 23.2 Å². The van der Waals surface area contributed by atoms with Crippen LogP contribution in [0.15, 0.2) is 164 Å². The summed E-state index contributed by atoms with van der Waals surface area (Å²) in [5.74, 6) is -2.88. The number of amides is 2. The maximum Gasteiger partial charge on any atom is 0.253 e. The molecule has 0 aliphatic heterocycles. The number of anilines is 2. The zero-order valence-electron chi connectivity index (χ0n) is 36.1. The molecule has 8 nitrogen and oxygen atoms in total. The van der Waals surface area contributed by atoms with Crippen molar-refractivity contribution in [2.24, 2.45) is 0 Å². The largest absolute Gasteiger partial charge is 0.272 e. The predicted molar refractivity (Wildman–Crippen MR) is 249 cm³/mol. The molecule has 0 aliphatic carbocycles. The van der Waals surface area contributed by atoms with Crippen LogP contribution in [0.2, 0.25) is 0 Å². The van der Waals surface area contributed by atoms with Crippen molar-refractivity contribution in [3.05, 3.63) is 204 Å². The standard InChI is InChI=1S/C54H47FN6O2/c1-34-24-46(29-48(25-34)44-19-23-59-37(4)28-44)38(5)53(62)60(51-13-9-40(10-14-51)42-17-21-57-35(2)26-42)61(52-15-11-41(12-16-52)43-18-22-58-36(3)27-43)54(63)39(6)47-30-49(32-50(55)31-47)45-8-7-20-56-33-45/h7-33,38-39H,1-6H3. The minimum absolute atomic E-state index is 0.338. The fourth-order valence-corrected chi connectivity index (χ4v) is 7.89. The van der Waals surface area contributed by atoms with E-state index in [1.807, 2.05) is 144 Å². The molecule has 8 aromatic rings. The second-order valence-electron chi connectivity index (χ2n) is 16.0. The Bertz CT molecular complexity index is 2940. The lowest BCUT2D eigenvalue weighted by Gasteiger charge is -2.38. The first-order valence-corrected chi connectivity index (χ1v) is 20.9. The van der Waals surface area contributed by atoms with Crippen molar-refractivity contribution < 1.29 is 14.0 Å². The van der Waals surface area contributed by atoms with E-state index in [4.69, 9.17) is 0 Å². The quantitative estimate of drug-likeness (QED) is 0.127. The summed E-state index contributed by atoms with van der Waals surface area (Å²) in [5.41, 5.74) is 12.8. The Morgan fingerprint density at radius 1 is 0.460 bits per heavy atom. The number of carbonyl (C=O) groups excluding carboxylic acids is 2. The molecule has 0 saturated heterocycles. The number of nitrogens with zero attached hydrogens (tertiary/aromatic N) is 6. The van der Waals surface area contributed by atoms with E-state index in [2.05, 4.69) is 26.0 Å². The van der Waals surface area contributed by atoms with E-state index in [1.165, 1.54) is 22.2 Å². The lowest BCUT2D eigenvalue weighted by molar-refractivity contribution is -0.124. The highest BCUT2D eigenvalue weighted by atomic mass is 19.1. The molecule has 9 heteroatoms. The minimum atomic E-state index is -0.899. The highest BCUT2D eigenvalue weighted by molar-refractivity contribution is 6.10. The van der Waals surface area contributed by atoms with Crippen LogP contribution in [0.4, 0.5) is 15.8 Å². The van der Waals surface area contributed by atoms with Crippen LogP contribution in [0.5, 0.6) is 0 Å². The van der Waals surface area contributed by atoms with Crippen LogP contribution in [-0.2, 0) is 9.59 Å². The van der Waals surface area contributed by atoms with Crippen LogP contribution < -0.4 is 10.0 Å². The highest BCUT2D eigenvalue weighted by Crippen LogP contribution is 2.36. The van der Waals surface area contributed by atoms with E-state index < -0.39 is 23.6 Å². The topological polar surface area (TPSA) is 92.2 Å². The number of pyridine rings is 4. The Kier molecular flexibility index (Phi) is 12.1. The van der Waals surface area contributed by atoms with Gasteiger partial charge in [-0.05, 0) is 170 Å². The minimum Gasteiger partial charge on any atom is -0.272 e. The van der Waals surface area contributed by atoms with Gasteiger partial charge in [0, 0.05) is 53.6 Å². The van der Waals surface area contributed by atoms with E-state index in [-0.39, 0.29) is 5.91 Å². The summed E-state index contributed by atoms with van der Waals surface area (Å²) in [7, 11) is 0. The van der Waals surface area contributed by atoms with E-state index in [1.54, 1.807) is 44.0 Å². The monoisotopic (exact) mass is 830 g/mol. The van der Waals surface area contributed by atoms with Gasteiger partial charge in [-0.1, -0.05) is 60.2 Å². The molecule has 0 bridgehead atoms. The number of carbonyl (C=O) groups is 2. The lowest BCUT2D eigenvalue weighted by Crippen LogP contribution is -2.53. The number of aromatic nitrogens is 4. The zero-order chi connectivity index (χ0) is 44.2. The fourth-order valence-electron chi connectivity index (χ4n) is 7.89. The van der Waals surface area contributed by atoms with Crippen LogP contribution in [0.3, 0.4) is 0 Å². The van der Waals surface area contributed by atoms with Crippen molar-refractivity contribution in [2.45, 2.75) is 53.4 Å². The fraction of sp³-hybridized carbons (Fsp3) is 0.148. The average molecular weight is 831 g/mol. The van der Waals surface area contributed by atoms with Crippen molar-refractivity contribution in [3.63, 3.8) is 0 Å². The molecule has 0 spiro atoms. The van der Waals surface area contributed by atoms with E-state index in [9.17, 15) is 0 Å². The molecular formula is C54H47FN6O2. The molecule has 8 rings (SSSR count). The highest BCUT2D eigenvalue weighted by Gasteiger charge is 2.36. The summed E-state index contributed by atoms with van der Waals surface area (Å²) in [5, 5.41) is 2.94. The van der Waals surface area contributed by atoms with Gasteiger partial charge in [0.2, 0.25) is 0 Å². The van der Waals surface area contributed by atoms with Gasteiger partial charge in [-0.2, -0.15) is 0 Å². The zero-order valence-corrected chi connectivity index (χ0v) is 36.1. The number of hydrogen-bond acceptors (Lipinski definition) is 6. The summed E-state index contributed by atoms with van der Waals surface area (Å²) in [6, 6.07) is 41.4. The van der Waals surface area contributed by atoms with E-state index >= 15 is 14.0 Å². The predicted octanol–water partition coefficient (Wildman–Crippen LogP) is 12.2. The molecule has 0 saturated carbocycles. The number of halogens is 1. The molecule has 4 aromatic heterocycles. The first-order valence-electron chi connectivity index (χ1n) is 20.9. The van der Waals surface area contributed by atoms with Gasteiger partial charge >= 0.3 is 0 Å². The van der Waals surface area contributed by atoms with Gasteiger partial charge in [-0.15, -0.1) is 0 Å². The smallest absolute Gasteiger partial charge is 0.253 e. The van der Waals surface area contributed by atoms with Crippen LogP contribution in [-0.4, -0.2) is 31.8 Å². The molecule has 4 aromatic carbocycles. The molecule has 63 heavy (non-hydrogen) atoms. The second-order valence-corrected chi connectivity index (χ2v) is 16.0. The van der Waals surface area contributed by atoms with Crippen LogP contribution in [0.25, 0.3) is 44.5 Å². The molecule has 0 fully saturated rings. The van der Waals surface area contributed by atoms with Crippen LogP contribution in [0, 0.1) is 33.5 Å². The summed E-state index contributed by atoms with van der Waals surface area (Å²) in [6.45, 7) is 11.5. The lowest BCUT2D eigenvalue weighted by atomic mass is 9.93. The average Bonchev–Trinajstić information content (AvgIpc) is 3.30. The van der Waals surface area contributed by atoms with Crippen molar-refractivity contribution in [2.75, 3.05) is 10.0 Å². The van der Waals surface area contributed by atoms with Crippen molar-refractivity contribution in [1.82, 2.24) is 19.9 Å². The number of hydrogen-bond donors (Lipinski definition) is 0. The second kappa shape index (κ2) is 18.1.